The highest BCUT2D eigenvalue weighted by molar-refractivity contribution is 8.18. The third-order valence-corrected chi connectivity index (χ3v) is 4.75. The minimum Gasteiger partial charge on any atom is -0.496 e. The molecule has 6 nitrogen and oxygen atoms in total. The highest BCUT2D eigenvalue weighted by atomic mass is 32.2. The normalized spacial score (nSPS) is 19.6. The van der Waals surface area contributed by atoms with E-state index in [9.17, 15) is 9.59 Å². The van der Waals surface area contributed by atoms with Crippen molar-refractivity contribution in [3.63, 3.8) is 0 Å². The van der Waals surface area contributed by atoms with Gasteiger partial charge in [0.15, 0.2) is 11.5 Å². The monoisotopic (exact) mass is 335 g/mol. The number of hydrogen-bond acceptors (Lipinski definition) is 6. The Bertz CT molecular complexity index is 700. The molecule has 7 heteroatoms. The van der Waals surface area contributed by atoms with Gasteiger partial charge in [0.1, 0.15) is 5.75 Å². The predicted octanol–water partition coefficient (Wildman–Crippen LogP) is 3.26. The molecule has 2 aliphatic heterocycles. The lowest BCUT2D eigenvalue weighted by atomic mass is 10.1. The van der Waals surface area contributed by atoms with E-state index in [4.69, 9.17) is 14.2 Å². The Morgan fingerprint density at radius 2 is 2.04 bits per heavy atom. The molecule has 1 atom stereocenters. The van der Waals surface area contributed by atoms with Crippen LogP contribution in [0.5, 0.6) is 17.2 Å². The molecule has 2 heterocycles. The van der Waals surface area contributed by atoms with E-state index in [0.29, 0.717) is 27.7 Å². The third-order valence-electron chi connectivity index (χ3n) is 3.87. The molecule has 1 aromatic rings. The molecular weight excluding hydrogens is 318 g/mol. The zero-order valence-electron chi connectivity index (χ0n) is 13.1. The fourth-order valence-electron chi connectivity index (χ4n) is 2.41. The second-order valence-corrected chi connectivity index (χ2v) is 6.25. The number of fused-ring (bicyclic) bond motifs is 1. The van der Waals surface area contributed by atoms with Crippen molar-refractivity contribution in [2.45, 2.75) is 26.3 Å². The van der Waals surface area contributed by atoms with E-state index in [1.165, 1.54) is 4.90 Å². The Kier molecular flexibility index (Phi) is 4.21. The van der Waals surface area contributed by atoms with Gasteiger partial charge < -0.3 is 14.2 Å². The lowest BCUT2D eigenvalue weighted by Crippen LogP contribution is -2.36. The summed E-state index contributed by atoms with van der Waals surface area (Å²) in [5.74, 6) is 1.49. The van der Waals surface area contributed by atoms with Crippen LogP contribution in [0.1, 0.15) is 25.8 Å². The summed E-state index contributed by atoms with van der Waals surface area (Å²) in [4.78, 5) is 26.2. The first-order valence-corrected chi connectivity index (χ1v) is 8.11. The summed E-state index contributed by atoms with van der Waals surface area (Å²) in [5, 5.41) is -0.240. The van der Waals surface area contributed by atoms with Gasteiger partial charge in [-0.15, -0.1) is 0 Å². The maximum atomic E-state index is 12.5. The van der Waals surface area contributed by atoms with E-state index >= 15 is 0 Å². The topological polar surface area (TPSA) is 65.1 Å². The van der Waals surface area contributed by atoms with Gasteiger partial charge in [-0.05, 0) is 37.2 Å². The number of carbonyl (C=O) groups is 2. The van der Waals surface area contributed by atoms with Crippen LogP contribution in [-0.4, -0.2) is 36.0 Å². The average molecular weight is 335 g/mol. The number of carbonyl (C=O) groups excluding carboxylic acids is 2. The van der Waals surface area contributed by atoms with Crippen molar-refractivity contribution in [3.05, 3.63) is 22.6 Å². The number of nitrogens with zero attached hydrogens (tertiary/aromatic N) is 1. The highest BCUT2D eigenvalue weighted by Gasteiger charge is 2.37. The second-order valence-electron chi connectivity index (χ2n) is 5.26. The van der Waals surface area contributed by atoms with E-state index in [2.05, 4.69) is 0 Å². The van der Waals surface area contributed by atoms with Gasteiger partial charge in [-0.25, -0.2) is 0 Å². The van der Waals surface area contributed by atoms with Crippen molar-refractivity contribution in [2.75, 3.05) is 13.9 Å². The molecule has 0 bridgehead atoms. The van der Waals surface area contributed by atoms with E-state index in [1.807, 2.05) is 13.8 Å². The Morgan fingerprint density at radius 1 is 1.35 bits per heavy atom. The Hall–Kier alpha value is -2.15. The van der Waals surface area contributed by atoms with Gasteiger partial charge in [-0.3, -0.25) is 14.5 Å². The van der Waals surface area contributed by atoms with E-state index in [1.54, 1.807) is 25.3 Å². The standard InChI is InChI=1S/C16H17NO5S/c1-4-9(2)17-15(18)14(23-16(17)19)6-10-5-12-13(22-8-21-12)7-11(10)20-3/h5-7,9H,4,8H2,1-3H3/b14-6-. The molecule has 122 valence electrons. The molecule has 1 unspecified atom stereocenters. The Balaban J connectivity index is 1.96. The van der Waals surface area contributed by atoms with Crippen molar-refractivity contribution in [3.8, 4) is 17.2 Å². The number of hydrogen-bond donors (Lipinski definition) is 0. The van der Waals surface area contributed by atoms with Crippen molar-refractivity contribution in [1.82, 2.24) is 4.90 Å². The number of thioether (sulfide) groups is 1. The zero-order valence-corrected chi connectivity index (χ0v) is 13.9. The molecule has 1 aromatic carbocycles. The molecule has 1 fully saturated rings. The summed E-state index contributed by atoms with van der Waals surface area (Å²) >= 11 is 0.944. The summed E-state index contributed by atoms with van der Waals surface area (Å²) in [5.41, 5.74) is 0.673. The first kappa shape index (κ1) is 15.7. The van der Waals surface area contributed by atoms with Gasteiger partial charge in [-0.1, -0.05) is 6.92 Å². The smallest absolute Gasteiger partial charge is 0.293 e. The maximum absolute atomic E-state index is 12.5. The van der Waals surface area contributed by atoms with Gasteiger partial charge in [0, 0.05) is 17.7 Å². The van der Waals surface area contributed by atoms with E-state index in [0.717, 1.165) is 18.2 Å². The van der Waals surface area contributed by atoms with Gasteiger partial charge in [0.2, 0.25) is 6.79 Å². The largest absolute Gasteiger partial charge is 0.496 e. The molecule has 2 aliphatic rings. The summed E-state index contributed by atoms with van der Waals surface area (Å²) < 4.78 is 16.0. The number of ether oxygens (including phenoxy) is 3. The quantitative estimate of drug-likeness (QED) is 0.787. The molecule has 23 heavy (non-hydrogen) atoms. The first-order valence-electron chi connectivity index (χ1n) is 7.29. The minimum atomic E-state index is -0.269. The number of rotatable bonds is 4. The first-order chi connectivity index (χ1) is 11.0. The zero-order chi connectivity index (χ0) is 16.6. The molecule has 0 radical (unpaired) electrons. The van der Waals surface area contributed by atoms with Crippen LogP contribution >= 0.6 is 11.8 Å². The van der Waals surface area contributed by atoms with Crippen LogP contribution in [0.4, 0.5) is 4.79 Å². The lowest BCUT2D eigenvalue weighted by Gasteiger charge is -2.19. The third kappa shape index (κ3) is 2.76. The molecule has 0 saturated carbocycles. The predicted molar refractivity (Wildman–Crippen MR) is 86.7 cm³/mol. The van der Waals surface area contributed by atoms with Crippen molar-refractivity contribution in [2.24, 2.45) is 0 Å². The molecule has 3 rings (SSSR count). The van der Waals surface area contributed by atoms with Gasteiger partial charge in [-0.2, -0.15) is 0 Å². The van der Waals surface area contributed by atoms with E-state index in [-0.39, 0.29) is 24.0 Å². The molecule has 0 N–H and O–H groups in total. The number of imide groups is 1. The van der Waals surface area contributed by atoms with E-state index < -0.39 is 0 Å². The summed E-state index contributed by atoms with van der Waals surface area (Å²) in [6.45, 7) is 3.96. The van der Waals surface area contributed by atoms with Crippen molar-refractivity contribution >= 4 is 29.0 Å². The lowest BCUT2D eigenvalue weighted by molar-refractivity contribution is -0.124. The number of benzene rings is 1. The Morgan fingerprint density at radius 3 is 2.70 bits per heavy atom. The van der Waals surface area contributed by atoms with Crippen LogP contribution in [0, 0.1) is 0 Å². The minimum absolute atomic E-state index is 0.118. The molecule has 0 spiro atoms. The molecular formula is C16H17NO5S. The molecule has 0 aromatic heterocycles. The van der Waals surface area contributed by atoms with Crippen molar-refractivity contribution < 1.29 is 23.8 Å². The fourth-order valence-corrected chi connectivity index (χ4v) is 3.33. The fraction of sp³-hybridized carbons (Fsp3) is 0.375. The summed E-state index contributed by atoms with van der Waals surface area (Å²) in [6.07, 6.45) is 2.38. The van der Waals surface area contributed by atoms with Crippen LogP contribution in [-0.2, 0) is 4.79 Å². The average Bonchev–Trinajstić information content (AvgIpc) is 3.10. The van der Waals surface area contributed by atoms with Gasteiger partial charge in [0.05, 0.1) is 12.0 Å². The number of amides is 2. The SMILES string of the molecule is CCC(C)N1C(=O)S/C(=C\c2cc3c(cc2OC)OCO3)C1=O. The van der Waals surface area contributed by atoms with Gasteiger partial charge >= 0.3 is 0 Å². The van der Waals surface area contributed by atoms with Crippen LogP contribution in [0.2, 0.25) is 0 Å². The molecule has 2 amide bonds. The van der Waals surface area contributed by atoms with Crippen LogP contribution in [0.25, 0.3) is 6.08 Å². The van der Waals surface area contributed by atoms with Crippen molar-refractivity contribution in [1.29, 1.82) is 0 Å². The van der Waals surface area contributed by atoms with Crippen LogP contribution in [0.15, 0.2) is 17.0 Å². The molecule has 1 saturated heterocycles. The summed E-state index contributed by atoms with van der Waals surface area (Å²) in [7, 11) is 1.54. The van der Waals surface area contributed by atoms with Crippen LogP contribution in [0.3, 0.4) is 0 Å². The van der Waals surface area contributed by atoms with Gasteiger partial charge in [0.25, 0.3) is 11.1 Å². The number of methoxy groups -OCH3 is 1. The highest BCUT2D eigenvalue weighted by Crippen LogP contribution is 2.41. The maximum Gasteiger partial charge on any atom is 0.293 e. The second kappa shape index (κ2) is 6.16. The summed E-state index contributed by atoms with van der Waals surface area (Å²) in [6, 6.07) is 3.35. The molecule has 0 aliphatic carbocycles. The Labute approximate surface area is 138 Å². The van der Waals surface area contributed by atoms with Crippen LogP contribution < -0.4 is 14.2 Å².